The van der Waals surface area contributed by atoms with Gasteiger partial charge in [0.2, 0.25) is 5.91 Å². The van der Waals surface area contributed by atoms with Crippen LogP contribution in [0.2, 0.25) is 0 Å². The summed E-state index contributed by atoms with van der Waals surface area (Å²) in [4.78, 5) is 16.1. The molecule has 1 saturated carbocycles. The first kappa shape index (κ1) is 20.2. The van der Waals surface area contributed by atoms with Crippen molar-refractivity contribution in [3.63, 3.8) is 0 Å². The van der Waals surface area contributed by atoms with Gasteiger partial charge in [-0.2, -0.15) is 0 Å². The molecule has 2 rings (SSSR count). The SMILES string of the molecule is CCNC(=NCCC1=CCOCC1)NCCNC(=O)C1CC1.I. The van der Waals surface area contributed by atoms with Crippen LogP contribution in [0.5, 0.6) is 0 Å². The van der Waals surface area contributed by atoms with Crippen molar-refractivity contribution in [3.8, 4) is 0 Å². The largest absolute Gasteiger partial charge is 0.377 e. The van der Waals surface area contributed by atoms with E-state index in [4.69, 9.17) is 4.74 Å². The zero-order valence-corrected chi connectivity index (χ0v) is 16.2. The number of carbonyl (C=O) groups excluding carboxylic acids is 1. The molecule has 6 nitrogen and oxygen atoms in total. The van der Waals surface area contributed by atoms with Gasteiger partial charge in [-0.1, -0.05) is 11.6 Å². The number of nitrogens with one attached hydrogen (secondary N) is 3. The number of nitrogens with zero attached hydrogens (tertiary/aromatic N) is 1. The molecule has 1 heterocycles. The molecule has 1 aliphatic carbocycles. The first-order valence-corrected chi connectivity index (χ1v) is 8.35. The molecule has 1 aliphatic heterocycles. The van der Waals surface area contributed by atoms with Crippen molar-refractivity contribution >= 4 is 35.8 Å². The molecule has 7 heteroatoms. The van der Waals surface area contributed by atoms with Gasteiger partial charge in [0.05, 0.1) is 13.2 Å². The number of halogens is 1. The predicted molar refractivity (Wildman–Crippen MR) is 103 cm³/mol. The highest BCUT2D eigenvalue weighted by Crippen LogP contribution is 2.28. The Labute approximate surface area is 155 Å². The fraction of sp³-hybridized carbons (Fsp3) is 0.750. The first-order chi connectivity index (χ1) is 10.8. The minimum atomic E-state index is 0. The lowest BCUT2D eigenvalue weighted by Gasteiger charge is -2.14. The first-order valence-electron chi connectivity index (χ1n) is 8.35. The summed E-state index contributed by atoms with van der Waals surface area (Å²) < 4.78 is 5.30. The molecule has 0 aromatic rings. The average Bonchev–Trinajstić information content (AvgIpc) is 3.37. The number of guanidine groups is 1. The van der Waals surface area contributed by atoms with E-state index < -0.39 is 0 Å². The quantitative estimate of drug-likeness (QED) is 0.177. The zero-order chi connectivity index (χ0) is 15.6. The molecule has 0 aromatic heterocycles. The Kier molecular flexibility index (Phi) is 10.3. The fourth-order valence-corrected chi connectivity index (χ4v) is 2.30. The Hall–Kier alpha value is -0.830. The second-order valence-electron chi connectivity index (χ2n) is 5.69. The van der Waals surface area contributed by atoms with Crippen LogP contribution in [-0.2, 0) is 9.53 Å². The van der Waals surface area contributed by atoms with Crippen LogP contribution >= 0.6 is 24.0 Å². The van der Waals surface area contributed by atoms with E-state index in [1.54, 1.807) is 0 Å². The highest BCUT2D eigenvalue weighted by molar-refractivity contribution is 14.0. The molecular weight excluding hydrogens is 407 g/mol. The molecule has 0 radical (unpaired) electrons. The third-order valence-corrected chi connectivity index (χ3v) is 3.77. The van der Waals surface area contributed by atoms with Crippen LogP contribution in [0, 0.1) is 5.92 Å². The maximum Gasteiger partial charge on any atom is 0.223 e. The van der Waals surface area contributed by atoms with Gasteiger partial charge in [0.1, 0.15) is 0 Å². The normalized spacial score (nSPS) is 17.8. The van der Waals surface area contributed by atoms with Gasteiger partial charge in [0, 0.05) is 32.1 Å². The van der Waals surface area contributed by atoms with E-state index in [9.17, 15) is 4.79 Å². The van der Waals surface area contributed by atoms with E-state index in [2.05, 4.69) is 27.0 Å². The Balaban J connectivity index is 0.00000264. The Morgan fingerprint density at radius 2 is 2.09 bits per heavy atom. The van der Waals surface area contributed by atoms with Gasteiger partial charge < -0.3 is 20.7 Å². The van der Waals surface area contributed by atoms with Gasteiger partial charge in [-0.15, -0.1) is 24.0 Å². The highest BCUT2D eigenvalue weighted by atomic mass is 127. The number of aliphatic imine (C=N–C) groups is 1. The van der Waals surface area contributed by atoms with Crippen molar-refractivity contribution in [2.45, 2.75) is 32.6 Å². The minimum Gasteiger partial charge on any atom is -0.377 e. The van der Waals surface area contributed by atoms with E-state index in [-0.39, 0.29) is 35.8 Å². The van der Waals surface area contributed by atoms with Crippen LogP contribution in [0.3, 0.4) is 0 Å². The van der Waals surface area contributed by atoms with Gasteiger partial charge in [-0.05, 0) is 32.6 Å². The summed E-state index contributed by atoms with van der Waals surface area (Å²) in [5.74, 6) is 1.28. The molecule has 0 atom stereocenters. The number of carbonyl (C=O) groups is 1. The molecule has 132 valence electrons. The van der Waals surface area contributed by atoms with Crippen molar-refractivity contribution in [2.24, 2.45) is 10.9 Å². The molecule has 0 spiro atoms. The smallest absolute Gasteiger partial charge is 0.223 e. The predicted octanol–water partition coefficient (Wildman–Crippen LogP) is 1.42. The lowest BCUT2D eigenvalue weighted by molar-refractivity contribution is -0.122. The molecule has 0 aromatic carbocycles. The number of ether oxygens (including phenoxy) is 1. The summed E-state index contributed by atoms with van der Waals surface area (Å²) in [5, 5.41) is 9.42. The van der Waals surface area contributed by atoms with Gasteiger partial charge in [0.25, 0.3) is 0 Å². The summed E-state index contributed by atoms with van der Waals surface area (Å²) in [6, 6.07) is 0. The van der Waals surface area contributed by atoms with Crippen LogP contribution in [0.4, 0.5) is 0 Å². The number of amides is 1. The summed E-state index contributed by atoms with van der Waals surface area (Å²) in [6.07, 6.45) is 6.26. The van der Waals surface area contributed by atoms with Crippen LogP contribution in [0.25, 0.3) is 0 Å². The third kappa shape index (κ3) is 8.55. The molecule has 0 saturated heterocycles. The van der Waals surface area contributed by atoms with E-state index in [0.717, 1.165) is 57.9 Å². The lowest BCUT2D eigenvalue weighted by atomic mass is 10.1. The summed E-state index contributed by atoms with van der Waals surface area (Å²) in [7, 11) is 0. The second kappa shape index (κ2) is 11.7. The molecule has 0 bridgehead atoms. The van der Waals surface area contributed by atoms with E-state index >= 15 is 0 Å². The van der Waals surface area contributed by atoms with Crippen molar-refractivity contribution < 1.29 is 9.53 Å². The van der Waals surface area contributed by atoms with Gasteiger partial charge in [-0.3, -0.25) is 9.79 Å². The summed E-state index contributed by atoms with van der Waals surface area (Å²) in [5.41, 5.74) is 1.43. The van der Waals surface area contributed by atoms with Crippen LogP contribution in [0.15, 0.2) is 16.6 Å². The van der Waals surface area contributed by atoms with Crippen molar-refractivity contribution in [2.75, 3.05) is 39.4 Å². The van der Waals surface area contributed by atoms with Crippen LogP contribution in [-0.4, -0.2) is 51.3 Å². The van der Waals surface area contributed by atoms with E-state index in [1.807, 2.05) is 6.92 Å². The van der Waals surface area contributed by atoms with E-state index in [1.165, 1.54) is 5.57 Å². The molecule has 1 fully saturated rings. The monoisotopic (exact) mass is 436 g/mol. The van der Waals surface area contributed by atoms with Crippen LogP contribution < -0.4 is 16.0 Å². The van der Waals surface area contributed by atoms with Gasteiger partial charge >= 0.3 is 0 Å². The summed E-state index contributed by atoms with van der Waals surface area (Å²) >= 11 is 0. The highest BCUT2D eigenvalue weighted by Gasteiger charge is 2.28. The second-order valence-corrected chi connectivity index (χ2v) is 5.69. The Morgan fingerprint density at radius 3 is 2.74 bits per heavy atom. The molecule has 3 N–H and O–H groups in total. The molecule has 1 amide bonds. The lowest BCUT2D eigenvalue weighted by Crippen LogP contribution is -2.41. The number of rotatable bonds is 8. The number of hydrogen-bond donors (Lipinski definition) is 3. The summed E-state index contributed by atoms with van der Waals surface area (Å²) in [6.45, 7) is 6.55. The standard InChI is InChI=1S/C16H28N4O2.HI/c1-2-17-16(19-8-5-13-6-11-22-12-7-13)20-10-9-18-15(21)14-3-4-14;/h6,14H,2-5,7-12H2,1H3,(H,18,21)(H2,17,19,20);1H. The Bertz CT molecular complexity index is 422. The third-order valence-electron chi connectivity index (χ3n) is 3.77. The van der Waals surface area contributed by atoms with Gasteiger partial charge in [-0.25, -0.2) is 0 Å². The molecule has 0 unspecified atom stereocenters. The molecule has 2 aliphatic rings. The average molecular weight is 436 g/mol. The van der Waals surface area contributed by atoms with Crippen LogP contribution in [0.1, 0.15) is 32.6 Å². The maximum absolute atomic E-state index is 11.5. The van der Waals surface area contributed by atoms with Crippen molar-refractivity contribution in [3.05, 3.63) is 11.6 Å². The number of hydrogen-bond acceptors (Lipinski definition) is 3. The van der Waals surface area contributed by atoms with E-state index in [0.29, 0.717) is 13.1 Å². The minimum absolute atomic E-state index is 0. The molecular formula is C16H29IN4O2. The van der Waals surface area contributed by atoms with Gasteiger partial charge in [0.15, 0.2) is 5.96 Å². The fourth-order valence-electron chi connectivity index (χ4n) is 2.30. The Morgan fingerprint density at radius 1 is 1.30 bits per heavy atom. The topological polar surface area (TPSA) is 74.8 Å². The molecule has 23 heavy (non-hydrogen) atoms. The maximum atomic E-state index is 11.5. The zero-order valence-electron chi connectivity index (χ0n) is 13.9. The van der Waals surface area contributed by atoms with Crippen molar-refractivity contribution in [1.29, 1.82) is 0 Å². The van der Waals surface area contributed by atoms with Crippen molar-refractivity contribution in [1.82, 2.24) is 16.0 Å².